The highest BCUT2D eigenvalue weighted by Crippen LogP contribution is 2.47. The Hall–Kier alpha value is -5.22. The van der Waals surface area contributed by atoms with Gasteiger partial charge in [0.05, 0.1) is 14.2 Å². The minimum atomic E-state index is 0.693. The Morgan fingerprint density at radius 1 is 0.425 bits per heavy atom. The lowest BCUT2D eigenvalue weighted by Crippen LogP contribution is -1.92. The Morgan fingerprint density at radius 2 is 0.850 bits per heavy atom. The maximum absolute atomic E-state index is 6.49. The van der Waals surface area contributed by atoms with E-state index < -0.39 is 0 Å². The molecule has 0 N–H and O–H groups in total. The first-order valence-electron chi connectivity index (χ1n) is 13.2. The predicted molar refractivity (Wildman–Crippen MR) is 162 cm³/mol. The summed E-state index contributed by atoms with van der Waals surface area (Å²) in [5.41, 5.74) is 3.84. The summed E-state index contributed by atoms with van der Waals surface area (Å²) >= 11 is 0. The van der Waals surface area contributed by atoms with Gasteiger partial charge in [0.25, 0.3) is 0 Å². The molecule has 2 aromatic heterocycles. The fourth-order valence-corrected chi connectivity index (χ4v) is 5.99. The third-order valence-corrected chi connectivity index (χ3v) is 7.83. The first-order chi connectivity index (χ1) is 19.7. The van der Waals surface area contributed by atoms with Crippen LogP contribution in [0.4, 0.5) is 0 Å². The van der Waals surface area contributed by atoms with Crippen molar-refractivity contribution >= 4 is 54.3 Å². The summed E-state index contributed by atoms with van der Waals surface area (Å²) < 4.78 is 24.3. The van der Waals surface area contributed by atoms with E-state index >= 15 is 0 Å². The minimum Gasteiger partial charge on any atom is -0.493 e. The van der Waals surface area contributed by atoms with Crippen LogP contribution in [0.5, 0.6) is 11.5 Å². The summed E-state index contributed by atoms with van der Waals surface area (Å²) in [4.78, 5) is 0. The lowest BCUT2D eigenvalue weighted by Gasteiger charge is -2.17. The average molecular weight is 521 g/mol. The lowest BCUT2D eigenvalue weighted by molar-refractivity contribution is 0.356. The molecule has 0 unspecified atom stereocenters. The maximum Gasteiger partial charge on any atom is 0.161 e. The fourth-order valence-electron chi connectivity index (χ4n) is 5.99. The van der Waals surface area contributed by atoms with Gasteiger partial charge in [0, 0.05) is 21.9 Å². The van der Waals surface area contributed by atoms with Crippen LogP contribution in [0.2, 0.25) is 0 Å². The predicted octanol–water partition coefficient (Wildman–Crippen LogP) is 9.99. The summed E-state index contributed by atoms with van der Waals surface area (Å²) in [5, 5.41) is 8.60. The summed E-state index contributed by atoms with van der Waals surface area (Å²) in [6, 6.07) is 37.6. The Morgan fingerprint density at radius 3 is 1.27 bits per heavy atom. The zero-order valence-electron chi connectivity index (χ0n) is 22.0. The molecule has 8 rings (SSSR count). The summed E-state index contributed by atoms with van der Waals surface area (Å²) in [6.07, 6.45) is 0. The lowest BCUT2D eigenvalue weighted by atomic mass is 9.88. The van der Waals surface area contributed by atoms with E-state index in [0.717, 1.165) is 76.9 Å². The van der Waals surface area contributed by atoms with E-state index in [-0.39, 0.29) is 0 Å². The number of para-hydroxylation sites is 2. The van der Waals surface area contributed by atoms with Gasteiger partial charge in [0.2, 0.25) is 0 Å². The van der Waals surface area contributed by atoms with Crippen LogP contribution in [0, 0.1) is 0 Å². The molecular formula is C36H24O4. The molecule has 0 saturated carbocycles. The minimum absolute atomic E-state index is 0.693. The Labute approximate surface area is 229 Å². The van der Waals surface area contributed by atoms with E-state index in [9.17, 15) is 0 Å². The van der Waals surface area contributed by atoms with Crippen molar-refractivity contribution in [2.45, 2.75) is 0 Å². The van der Waals surface area contributed by atoms with Crippen LogP contribution < -0.4 is 9.47 Å². The fraction of sp³-hybridized carbons (Fsp3) is 0.0556. The topological polar surface area (TPSA) is 44.7 Å². The van der Waals surface area contributed by atoms with Crippen LogP contribution in [0.1, 0.15) is 0 Å². The first kappa shape index (κ1) is 22.7. The van der Waals surface area contributed by atoms with Crippen LogP contribution in [0.15, 0.2) is 118 Å². The third kappa shape index (κ3) is 3.33. The van der Waals surface area contributed by atoms with E-state index in [0.29, 0.717) is 11.5 Å². The number of ether oxygens (including phenoxy) is 2. The van der Waals surface area contributed by atoms with Gasteiger partial charge in [-0.2, -0.15) is 0 Å². The van der Waals surface area contributed by atoms with E-state index in [1.807, 2.05) is 48.5 Å². The number of hydrogen-bond donors (Lipinski definition) is 0. The first-order valence-corrected chi connectivity index (χ1v) is 13.2. The van der Waals surface area contributed by atoms with Crippen LogP contribution in [0.25, 0.3) is 76.9 Å². The van der Waals surface area contributed by atoms with E-state index in [2.05, 4.69) is 60.7 Å². The van der Waals surface area contributed by atoms with E-state index in [4.69, 9.17) is 18.3 Å². The number of methoxy groups -OCH3 is 2. The van der Waals surface area contributed by atoms with Gasteiger partial charge in [-0.1, -0.05) is 60.7 Å². The van der Waals surface area contributed by atoms with Gasteiger partial charge < -0.3 is 18.3 Å². The highest BCUT2D eigenvalue weighted by Gasteiger charge is 2.22. The van der Waals surface area contributed by atoms with E-state index in [1.165, 1.54) is 0 Å². The summed E-state index contributed by atoms with van der Waals surface area (Å²) in [7, 11) is 3.33. The van der Waals surface area contributed by atoms with Crippen molar-refractivity contribution in [3.63, 3.8) is 0 Å². The molecular weight excluding hydrogens is 496 g/mol. The molecule has 0 atom stereocenters. The molecule has 0 bridgehead atoms. The van der Waals surface area contributed by atoms with Crippen LogP contribution >= 0.6 is 0 Å². The zero-order valence-corrected chi connectivity index (χ0v) is 22.0. The van der Waals surface area contributed by atoms with Gasteiger partial charge in [0.1, 0.15) is 22.7 Å². The highest BCUT2D eigenvalue weighted by atomic mass is 16.5. The van der Waals surface area contributed by atoms with Crippen LogP contribution in [0.3, 0.4) is 0 Å². The average Bonchev–Trinajstić information content (AvgIpc) is 3.62. The molecule has 0 spiro atoms. The van der Waals surface area contributed by atoms with Crippen molar-refractivity contribution in [2.24, 2.45) is 0 Å². The van der Waals surface area contributed by atoms with Crippen molar-refractivity contribution in [1.29, 1.82) is 0 Å². The van der Waals surface area contributed by atoms with Gasteiger partial charge in [-0.3, -0.25) is 0 Å². The second kappa shape index (κ2) is 8.65. The van der Waals surface area contributed by atoms with Gasteiger partial charge in [0.15, 0.2) is 11.5 Å². The Kier molecular flexibility index (Phi) is 4.92. The standard InChI is InChI=1S/C36H24O4/c1-37-31-19-23-15-27-28(16-24(23)20-32(31)38-2)36(34-18-22-10-4-8-14-30(22)40-34)26-12-6-5-11-25(26)35(27)33-17-21-9-3-7-13-29(21)39-33/h3-20H,1-2H3. The SMILES string of the molecule is COc1cc2cc3c(-c4cc5ccccc5o4)c4ccccc4c(-c4cc5ccccc5o4)c3cc2cc1OC. The number of hydrogen-bond acceptors (Lipinski definition) is 4. The number of benzene rings is 6. The van der Waals surface area contributed by atoms with Crippen molar-refractivity contribution in [3.8, 4) is 34.1 Å². The smallest absolute Gasteiger partial charge is 0.161 e. The molecule has 40 heavy (non-hydrogen) atoms. The molecule has 0 radical (unpaired) electrons. The summed E-state index contributed by atoms with van der Waals surface area (Å²) in [5.74, 6) is 3.05. The molecule has 0 aliphatic carbocycles. The van der Waals surface area contributed by atoms with Crippen molar-refractivity contribution in [3.05, 3.63) is 109 Å². The third-order valence-electron chi connectivity index (χ3n) is 7.83. The van der Waals surface area contributed by atoms with Gasteiger partial charge in [-0.05, 0) is 80.8 Å². The highest BCUT2D eigenvalue weighted by molar-refractivity contribution is 6.23. The molecule has 8 aromatic rings. The largest absolute Gasteiger partial charge is 0.493 e. The van der Waals surface area contributed by atoms with Crippen LogP contribution in [-0.2, 0) is 0 Å². The zero-order chi connectivity index (χ0) is 26.8. The molecule has 0 aliphatic heterocycles. The Balaban J connectivity index is 1.57. The normalized spacial score (nSPS) is 11.8. The number of furan rings is 2. The second-order valence-corrected chi connectivity index (χ2v) is 10.0. The Bertz CT molecular complexity index is 2020. The van der Waals surface area contributed by atoms with Crippen LogP contribution in [-0.4, -0.2) is 14.2 Å². The molecule has 0 saturated heterocycles. The summed E-state index contributed by atoms with van der Waals surface area (Å²) in [6.45, 7) is 0. The molecule has 0 amide bonds. The monoisotopic (exact) mass is 520 g/mol. The molecule has 4 nitrogen and oxygen atoms in total. The molecule has 0 fully saturated rings. The van der Waals surface area contributed by atoms with Gasteiger partial charge >= 0.3 is 0 Å². The molecule has 192 valence electrons. The second-order valence-electron chi connectivity index (χ2n) is 10.0. The molecule has 6 aromatic carbocycles. The number of fused-ring (bicyclic) bond motifs is 5. The molecule has 4 heteroatoms. The van der Waals surface area contributed by atoms with Crippen molar-refractivity contribution in [1.82, 2.24) is 0 Å². The van der Waals surface area contributed by atoms with Gasteiger partial charge in [-0.15, -0.1) is 0 Å². The van der Waals surface area contributed by atoms with E-state index in [1.54, 1.807) is 14.2 Å². The van der Waals surface area contributed by atoms with Crippen molar-refractivity contribution < 1.29 is 18.3 Å². The quantitative estimate of drug-likeness (QED) is 0.217. The molecule has 2 heterocycles. The van der Waals surface area contributed by atoms with Gasteiger partial charge in [-0.25, -0.2) is 0 Å². The van der Waals surface area contributed by atoms with Crippen molar-refractivity contribution in [2.75, 3.05) is 14.2 Å². The maximum atomic E-state index is 6.49. The number of rotatable bonds is 4. The molecule has 0 aliphatic rings.